The summed E-state index contributed by atoms with van der Waals surface area (Å²) in [6.45, 7) is 3.83. The number of aliphatic hydroxyl groups excluding tert-OH is 3. The molecule has 1 aromatic carbocycles. The largest absolute Gasteiger partial charge is 0.391 e. The molecule has 2 unspecified atom stereocenters. The van der Waals surface area contributed by atoms with E-state index in [2.05, 4.69) is 53.2 Å². The van der Waals surface area contributed by atoms with Gasteiger partial charge in [0.05, 0.1) is 12.2 Å². The molecule has 1 aliphatic heterocycles. The molecule has 11 atom stereocenters. The minimum Gasteiger partial charge on any atom is -0.391 e. The van der Waals surface area contributed by atoms with E-state index in [0.717, 1.165) is 0 Å². The summed E-state index contributed by atoms with van der Waals surface area (Å²) in [5.74, 6) is -9.64. The summed E-state index contributed by atoms with van der Waals surface area (Å²) < 4.78 is 0. The molecule has 1 heterocycles. The monoisotopic (exact) mass is 1020 g/mol. The number of hydrogen-bond acceptors (Lipinski definition) is 17. The van der Waals surface area contributed by atoms with E-state index in [-0.39, 0.29) is 70.6 Å². The average Bonchev–Trinajstić information content (AvgIpc) is 3.32. The van der Waals surface area contributed by atoms with Gasteiger partial charge in [0, 0.05) is 13.0 Å². The zero-order valence-electron chi connectivity index (χ0n) is 41.2. The zero-order chi connectivity index (χ0) is 54.1. The lowest BCUT2D eigenvalue weighted by Crippen LogP contribution is -2.61. The van der Waals surface area contributed by atoms with Crippen molar-refractivity contribution in [3.8, 4) is 0 Å². The topological polar surface area (TPSA) is 456 Å². The van der Waals surface area contributed by atoms with Crippen LogP contribution in [0.2, 0.25) is 0 Å². The highest BCUT2D eigenvalue weighted by atomic mass is 16.3. The van der Waals surface area contributed by atoms with Gasteiger partial charge in [-0.3, -0.25) is 47.9 Å². The van der Waals surface area contributed by atoms with Crippen molar-refractivity contribution in [3.63, 3.8) is 0 Å². The number of rotatable bonds is 20. The number of carbonyl (C=O) groups excluding carboxylic acids is 10. The number of nitrogens with two attached hydrogens (primary N) is 4. The Morgan fingerprint density at radius 3 is 1.60 bits per heavy atom. The Kier molecular flexibility index (Phi) is 27.3. The molecule has 21 N–H and O–H groups in total. The van der Waals surface area contributed by atoms with E-state index in [0.29, 0.717) is 5.56 Å². The van der Waals surface area contributed by atoms with Crippen molar-refractivity contribution in [2.45, 2.75) is 139 Å². The third-order valence-corrected chi connectivity index (χ3v) is 11.3. The van der Waals surface area contributed by atoms with Gasteiger partial charge in [-0.05, 0) is 90.0 Å². The molecule has 27 nitrogen and oxygen atoms in total. The fourth-order valence-electron chi connectivity index (χ4n) is 7.40. The summed E-state index contributed by atoms with van der Waals surface area (Å²) in [6.07, 6.45) is -4.32. The predicted molar refractivity (Wildman–Crippen MR) is 260 cm³/mol. The van der Waals surface area contributed by atoms with Crippen molar-refractivity contribution in [1.29, 1.82) is 0 Å². The van der Waals surface area contributed by atoms with Crippen molar-refractivity contribution >= 4 is 59.1 Å². The summed E-state index contributed by atoms with van der Waals surface area (Å²) in [7, 11) is 0. The summed E-state index contributed by atoms with van der Waals surface area (Å²) in [5.41, 5.74) is 23.9. The third kappa shape index (κ3) is 20.8. The molecule has 1 fully saturated rings. The quantitative estimate of drug-likeness (QED) is 0.0577. The Bertz CT molecular complexity index is 1980. The minimum atomic E-state index is -1.67. The molecular weight excluding hydrogens is 945 g/mol. The number of amides is 10. The van der Waals surface area contributed by atoms with Crippen molar-refractivity contribution in [2.24, 2.45) is 28.9 Å². The number of benzene rings is 1. The molecule has 0 saturated carbocycles. The third-order valence-electron chi connectivity index (χ3n) is 11.3. The number of aliphatic hydroxyl groups is 3. The lowest BCUT2D eigenvalue weighted by molar-refractivity contribution is -0.136. The van der Waals surface area contributed by atoms with Gasteiger partial charge >= 0.3 is 0 Å². The van der Waals surface area contributed by atoms with Gasteiger partial charge in [0.15, 0.2) is 0 Å². The van der Waals surface area contributed by atoms with E-state index in [9.17, 15) is 63.3 Å². The van der Waals surface area contributed by atoms with Gasteiger partial charge in [-0.25, -0.2) is 0 Å². The second-order valence-corrected chi connectivity index (χ2v) is 17.8. The number of carbonyl (C=O) groups is 10. The molecule has 404 valence electrons. The first-order chi connectivity index (χ1) is 34.1. The molecule has 0 spiro atoms. The van der Waals surface area contributed by atoms with Gasteiger partial charge in [0.1, 0.15) is 61.0 Å². The summed E-state index contributed by atoms with van der Waals surface area (Å²) in [5, 5.41) is 54.9. The van der Waals surface area contributed by atoms with Gasteiger partial charge in [0.2, 0.25) is 59.1 Å². The molecule has 1 aromatic rings. The first-order valence-electron chi connectivity index (χ1n) is 23.9. The van der Waals surface area contributed by atoms with E-state index < -0.39 is 145 Å². The second kappa shape index (κ2) is 31.9. The fourth-order valence-corrected chi connectivity index (χ4v) is 7.40. The summed E-state index contributed by atoms with van der Waals surface area (Å²) in [4.78, 5) is 137. The minimum absolute atomic E-state index is 0.0533. The molecule has 1 saturated heterocycles. The maximum Gasteiger partial charge on any atom is 0.246 e. The molecule has 72 heavy (non-hydrogen) atoms. The molecule has 0 radical (unpaired) electrons. The van der Waals surface area contributed by atoms with Crippen molar-refractivity contribution in [1.82, 2.24) is 53.2 Å². The van der Waals surface area contributed by atoms with Crippen LogP contribution in [0.25, 0.3) is 0 Å². The van der Waals surface area contributed by atoms with Gasteiger partial charge in [-0.2, -0.15) is 0 Å². The molecule has 1 aliphatic rings. The average molecular weight is 1020 g/mol. The fraction of sp³-hybridized carbons (Fsp3) is 0.644. The number of nitrogens with one attached hydrogen (secondary N) is 10. The summed E-state index contributed by atoms with van der Waals surface area (Å²) in [6, 6.07) is -4.83. The first kappa shape index (κ1) is 61.8. The predicted octanol–water partition coefficient (Wildman–Crippen LogP) is -7.69. The molecule has 0 aromatic heterocycles. The molecular formula is C45H76N14O13. The Labute approximate surface area is 418 Å². The first-order valence-corrected chi connectivity index (χ1v) is 23.9. The normalized spacial score (nSPS) is 24.1. The van der Waals surface area contributed by atoms with Crippen LogP contribution in [-0.4, -0.2) is 180 Å². The molecule has 10 amide bonds. The van der Waals surface area contributed by atoms with E-state index in [1.165, 1.54) is 13.8 Å². The maximum atomic E-state index is 14.3. The van der Waals surface area contributed by atoms with Crippen LogP contribution in [0, 0.1) is 5.92 Å². The molecule has 27 heteroatoms. The standard InChI is InChI=1S/C45H76N14O13/c1-23(2)20-32-42(69)53-27(10-15-46)37(64)52-30(13-18-49)41(68)59-35(24(3)61)44(71)50-19-14-31(54-38(65)29(12-17-48)55-45(72)36(25(4)62)58-34(63)22-60)40(67)51-28(11-16-47)39(66)57-33(43(70)56-32)21-26-8-6-5-7-9-26/h5-9,23-25,27-33,35-36,60-62H,10-22,46-49H2,1-4H3,(H,50,71)(H,51,67)(H,52,64)(H,53,69)(H,54,65)(H,55,72)(H,56,70)(H,57,66)(H,58,63)(H,59,68)/t24?,25?,27-,28-,29-,30-,31-,32-,33+,35-,36-/m0/s1. The van der Waals surface area contributed by atoms with Crippen molar-refractivity contribution in [2.75, 3.05) is 39.3 Å². The highest BCUT2D eigenvalue weighted by Crippen LogP contribution is 2.11. The van der Waals surface area contributed by atoms with Crippen molar-refractivity contribution < 1.29 is 63.3 Å². The van der Waals surface area contributed by atoms with Crippen LogP contribution in [0.5, 0.6) is 0 Å². The number of hydrogen-bond donors (Lipinski definition) is 17. The zero-order valence-corrected chi connectivity index (χ0v) is 41.2. The van der Waals surface area contributed by atoms with Gasteiger partial charge < -0.3 is 91.4 Å². The van der Waals surface area contributed by atoms with Crippen LogP contribution >= 0.6 is 0 Å². The Hall–Kier alpha value is -6.36. The van der Waals surface area contributed by atoms with Gasteiger partial charge in [0.25, 0.3) is 0 Å². The van der Waals surface area contributed by atoms with Gasteiger partial charge in [-0.15, -0.1) is 0 Å². The maximum absolute atomic E-state index is 14.3. The lowest BCUT2D eigenvalue weighted by atomic mass is 10.00. The second-order valence-electron chi connectivity index (χ2n) is 17.8. The van der Waals surface area contributed by atoms with E-state index >= 15 is 0 Å². The molecule has 0 aliphatic carbocycles. The Balaban J connectivity index is 2.75. The lowest BCUT2D eigenvalue weighted by Gasteiger charge is -2.28. The van der Waals surface area contributed by atoms with Crippen LogP contribution in [0.15, 0.2) is 30.3 Å². The smallest absolute Gasteiger partial charge is 0.246 e. The SMILES string of the molecule is CC(C)C[C@@H]1NC(=O)[C@@H](Cc2ccccc2)NC(=O)[C@H](CCN)NC(=O)[C@@H](NC(=O)[C@H](CCN)NC(=O)[C@@H](NC(=O)CO)C(C)O)CCNC(=O)[C@H](C(C)O)NC(=O)[C@H](CCN)NC(=O)[C@H](CCN)NC1=O. The van der Waals surface area contributed by atoms with E-state index in [1.807, 2.05) is 0 Å². The van der Waals surface area contributed by atoms with E-state index in [4.69, 9.17) is 22.9 Å². The van der Waals surface area contributed by atoms with Gasteiger partial charge in [-0.1, -0.05) is 44.2 Å². The van der Waals surface area contributed by atoms with Crippen LogP contribution in [0.4, 0.5) is 0 Å². The van der Waals surface area contributed by atoms with Crippen LogP contribution in [-0.2, 0) is 54.4 Å². The Morgan fingerprint density at radius 2 is 1.11 bits per heavy atom. The summed E-state index contributed by atoms with van der Waals surface area (Å²) >= 11 is 0. The van der Waals surface area contributed by atoms with Crippen LogP contribution in [0.1, 0.15) is 71.8 Å². The van der Waals surface area contributed by atoms with Crippen LogP contribution < -0.4 is 76.1 Å². The van der Waals surface area contributed by atoms with Crippen molar-refractivity contribution in [3.05, 3.63) is 35.9 Å². The van der Waals surface area contributed by atoms with Crippen LogP contribution in [0.3, 0.4) is 0 Å². The van der Waals surface area contributed by atoms with E-state index in [1.54, 1.807) is 44.2 Å². The molecule has 0 bridgehead atoms. The highest BCUT2D eigenvalue weighted by Gasteiger charge is 2.37. The highest BCUT2D eigenvalue weighted by molar-refractivity contribution is 5.99. The molecule has 2 rings (SSSR count). The Morgan fingerprint density at radius 1 is 0.625 bits per heavy atom.